The Balaban J connectivity index is 1.12. The maximum atomic E-state index is 12.9. The lowest BCUT2D eigenvalue weighted by molar-refractivity contribution is -0.145. The first-order chi connectivity index (χ1) is 35.1. The number of fused-ring (bicyclic) bond motifs is 11. The van der Waals surface area contributed by atoms with Crippen molar-refractivity contribution in [2.75, 3.05) is 26.4 Å². The number of carbonyl (C=O) groups excluding carboxylic acids is 4. The monoisotopic (exact) mass is 952 g/mol. The minimum Gasteiger partial charge on any atom is -0.464 e. The summed E-state index contributed by atoms with van der Waals surface area (Å²) in [5.41, 5.74) is 11.5. The van der Waals surface area contributed by atoms with E-state index in [1.165, 1.54) is 12.2 Å². The molecule has 0 bridgehead atoms. The zero-order valence-corrected chi connectivity index (χ0v) is 40.8. The van der Waals surface area contributed by atoms with Gasteiger partial charge in [-0.15, -0.1) is 0 Å². The zero-order valence-electron chi connectivity index (χ0n) is 40.8. The van der Waals surface area contributed by atoms with Crippen LogP contribution >= 0.6 is 0 Å². The maximum absolute atomic E-state index is 12.9. The number of hydrogen-bond donors (Lipinski definition) is 0. The van der Waals surface area contributed by atoms with Gasteiger partial charge in [0.05, 0.1) is 24.0 Å². The molecule has 0 saturated carbocycles. The summed E-state index contributed by atoms with van der Waals surface area (Å²) in [5.74, 6) is -1.48. The predicted molar refractivity (Wildman–Crippen MR) is 286 cm³/mol. The van der Waals surface area contributed by atoms with E-state index in [1.54, 1.807) is 13.8 Å². The lowest BCUT2D eigenvalue weighted by Crippen LogP contribution is -2.33. The van der Waals surface area contributed by atoms with Gasteiger partial charge in [-0.3, -0.25) is 9.59 Å². The van der Waals surface area contributed by atoms with Gasteiger partial charge in [-0.05, 0) is 149 Å². The van der Waals surface area contributed by atoms with Crippen molar-refractivity contribution in [2.24, 2.45) is 0 Å². The fourth-order valence-corrected chi connectivity index (χ4v) is 11.5. The molecule has 0 saturated heterocycles. The Bertz CT molecular complexity index is 3260. The summed E-state index contributed by atoms with van der Waals surface area (Å²) in [6.07, 6.45) is 5.12. The third-order valence-electron chi connectivity index (χ3n) is 14.9. The lowest BCUT2D eigenvalue weighted by atomic mass is 9.74. The molecule has 8 aromatic rings. The van der Waals surface area contributed by atoms with E-state index in [9.17, 15) is 19.2 Å². The van der Waals surface area contributed by atoms with E-state index in [2.05, 4.69) is 134 Å². The first-order valence-corrected chi connectivity index (χ1v) is 24.9. The van der Waals surface area contributed by atoms with E-state index < -0.39 is 22.8 Å². The lowest BCUT2D eigenvalue weighted by Gasteiger charge is -2.32. The van der Waals surface area contributed by atoms with E-state index in [0.717, 1.165) is 99.1 Å². The average Bonchev–Trinajstić information content (AvgIpc) is 3.86. The Hall–Kier alpha value is -8.10. The molecule has 2 aliphatic rings. The second-order valence-corrected chi connectivity index (χ2v) is 18.8. The molecule has 0 fully saturated rings. The van der Waals surface area contributed by atoms with Gasteiger partial charge >= 0.3 is 23.9 Å². The highest BCUT2D eigenvalue weighted by molar-refractivity contribution is 6.24. The molecule has 8 heteroatoms. The van der Waals surface area contributed by atoms with Crippen molar-refractivity contribution >= 4 is 56.2 Å². The van der Waals surface area contributed by atoms with E-state index in [-0.39, 0.29) is 51.2 Å². The van der Waals surface area contributed by atoms with E-state index in [1.807, 2.05) is 24.3 Å². The molecule has 72 heavy (non-hydrogen) atoms. The Kier molecular flexibility index (Phi) is 13.2. The molecule has 0 spiro atoms. The molecule has 0 N–H and O–H groups in total. The first kappa shape index (κ1) is 47.6. The highest BCUT2D eigenvalue weighted by Crippen LogP contribution is 2.55. The Morgan fingerprint density at radius 3 is 1.19 bits per heavy atom. The van der Waals surface area contributed by atoms with Crippen LogP contribution in [0.5, 0.6) is 0 Å². The minimum absolute atomic E-state index is 0.152. The summed E-state index contributed by atoms with van der Waals surface area (Å²) in [6, 6.07) is 51.9. The van der Waals surface area contributed by atoms with Crippen molar-refractivity contribution in [3.8, 4) is 44.5 Å². The summed E-state index contributed by atoms with van der Waals surface area (Å²) in [4.78, 5) is 50.0. The molecule has 2 unspecified atom stereocenters. The van der Waals surface area contributed by atoms with Crippen molar-refractivity contribution in [3.63, 3.8) is 0 Å². The van der Waals surface area contributed by atoms with Gasteiger partial charge in [-0.2, -0.15) is 0 Å². The van der Waals surface area contributed by atoms with Crippen LogP contribution in [0.15, 0.2) is 171 Å². The summed E-state index contributed by atoms with van der Waals surface area (Å²) in [7, 11) is 0. The summed E-state index contributed by atoms with van der Waals surface area (Å²) in [5, 5.41) is 6.64. The second-order valence-electron chi connectivity index (χ2n) is 18.8. The van der Waals surface area contributed by atoms with Gasteiger partial charge in [-0.1, -0.05) is 148 Å². The molecule has 0 amide bonds. The van der Waals surface area contributed by atoms with Gasteiger partial charge in [0, 0.05) is 25.0 Å². The fraction of sp³-hybridized carbons (Fsp3) is 0.219. The minimum atomic E-state index is -0.688. The summed E-state index contributed by atoms with van der Waals surface area (Å²) in [6.45, 7) is 11.4. The van der Waals surface area contributed by atoms with Crippen LogP contribution in [0.25, 0.3) is 76.8 Å². The molecule has 0 aliphatic heterocycles. The van der Waals surface area contributed by atoms with Crippen molar-refractivity contribution in [1.82, 2.24) is 0 Å². The standard InChI is InChI=1S/C64H56O8/c1-5-59(65)69-33-17-31-63(39-71-61(67)7-3)55-25-15-13-23-47(55)49-29-27-41(35-57(49)63)51-37-53-46-22-12-10-20-44(46)52(38-54(53)45-21-11-9-19-43(45)51)42-28-30-50-48-24-14-16-26-56(48)64(58(50)36-42,40-72-62(68)8-4)32-18-34-70-60(66)6-2/h5-6,9-16,19-30,35-38H,1-2,7-8,17-18,31-34,39-40H2,3-4H3. The number of benzene rings is 8. The van der Waals surface area contributed by atoms with Gasteiger partial charge < -0.3 is 18.9 Å². The summed E-state index contributed by atoms with van der Waals surface area (Å²) >= 11 is 0. The van der Waals surface area contributed by atoms with Crippen LogP contribution in [-0.2, 0) is 49.0 Å². The van der Waals surface area contributed by atoms with Crippen LogP contribution in [0.4, 0.5) is 0 Å². The highest BCUT2D eigenvalue weighted by Gasteiger charge is 2.46. The van der Waals surface area contributed by atoms with Crippen LogP contribution < -0.4 is 0 Å². The third kappa shape index (κ3) is 8.34. The number of rotatable bonds is 18. The van der Waals surface area contributed by atoms with E-state index >= 15 is 0 Å². The maximum Gasteiger partial charge on any atom is 0.330 e. The van der Waals surface area contributed by atoms with Gasteiger partial charge in [0.15, 0.2) is 0 Å². The molecular weight excluding hydrogens is 897 g/mol. The number of hydrogen-bond acceptors (Lipinski definition) is 8. The number of ether oxygens (including phenoxy) is 4. The van der Waals surface area contributed by atoms with Crippen molar-refractivity contribution < 1.29 is 38.1 Å². The average molecular weight is 953 g/mol. The van der Waals surface area contributed by atoms with Crippen molar-refractivity contribution in [3.05, 3.63) is 193 Å². The van der Waals surface area contributed by atoms with E-state index in [4.69, 9.17) is 18.9 Å². The number of esters is 4. The zero-order chi connectivity index (χ0) is 50.0. The molecule has 0 aromatic heterocycles. The van der Waals surface area contributed by atoms with Crippen LogP contribution in [0, 0.1) is 0 Å². The molecule has 2 aliphatic carbocycles. The molecular formula is C64H56O8. The predicted octanol–water partition coefficient (Wildman–Crippen LogP) is 13.9. The van der Waals surface area contributed by atoms with Crippen LogP contribution in [0.3, 0.4) is 0 Å². The third-order valence-corrected chi connectivity index (χ3v) is 14.9. The normalized spacial score (nSPS) is 16.1. The van der Waals surface area contributed by atoms with Gasteiger partial charge in [0.2, 0.25) is 0 Å². The summed E-state index contributed by atoms with van der Waals surface area (Å²) < 4.78 is 23.1. The van der Waals surface area contributed by atoms with Gasteiger partial charge in [0.25, 0.3) is 0 Å². The van der Waals surface area contributed by atoms with Crippen LogP contribution in [0.2, 0.25) is 0 Å². The Morgan fingerprint density at radius 1 is 0.417 bits per heavy atom. The SMILES string of the molecule is C=CC(=O)OCCCC1(COC(=O)CC)c2ccccc2-c2ccc(-c3cc4c5ccccc5c(-c5ccc6c(c5)C(CCCOC(=O)C=C)(COC(=O)CC)c5ccccc5-6)cc4c4ccccc34)cc21. The second kappa shape index (κ2) is 20.0. The van der Waals surface area contributed by atoms with Crippen LogP contribution in [0.1, 0.15) is 74.6 Å². The van der Waals surface area contributed by atoms with E-state index in [0.29, 0.717) is 25.7 Å². The van der Waals surface area contributed by atoms with Crippen molar-refractivity contribution in [2.45, 2.75) is 63.2 Å². The molecule has 0 radical (unpaired) electrons. The molecule has 10 rings (SSSR count). The van der Waals surface area contributed by atoms with Crippen LogP contribution in [-0.4, -0.2) is 50.3 Å². The smallest absolute Gasteiger partial charge is 0.330 e. The topological polar surface area (TPSA) is 105 Å². The van der Waals surface area contributed by atoms with Gasteiger partial charge in [0.1, 0.15) is 13.2 Å². The first-order valence-electron chi connectivity index (χ1n) is 24.9. The van der Waals surface area contributed by atoms with Gasteiger partial charge in [-0.25, -0.2) is 9.59 Å². The Morgan fingerprint density at radius 2 is 0.792 bits per heavy atom. The molecule has 8 aromatic carbocycles. The fourth-order valence-electron chi connectivity index (χ4n) is 11.5. The quantitative estimate of drug-likeness (QED) is 0.0275. The molecule has 0 heterocycles. The Labute approximate surface area is 419 Å². The molecule has 2 atom stereocenters. The number of carbonyl (C=O) groups is 4. The largest absolute Gasteiger partial charge is 0.464 e. The molecule has 360 valence electrons. The highest BCUT2D eigenvalue weighted by atomic mass is 16.5. The molecule has 8 nitrogen and oxygen atoms in total. The van der Waals surface area contributed by atoms with Crippen molar-refractivity contribution in [1.29, 1.82) is 0 Å².